The molecule has 0 unspecified atom stereocenters. The molecular formula is C21H20N2O3. The zero-order valence-corrected chi connectivity index (χ0v) is 14.4. The van der Waals surface area contributed by atoms with Gasteiger partial charge >= 0.3 is 0 Å². The molecule has 0 saturated carbocycles. The Morgan fingerprint density at radius 3 is 2.42 bits per heavy atom. The summed E-state index contributed by atoms with van der Waals surface area (Å²) in [6.07, 6.45) is 0. The molecule has 1 amide bonds. The molecular weight excluding hydrogens is 328 g/mol. The van der Waals surface area contributed by atoms with Crippen molar-refractivity contribution in [1.29, 1.82) is 0 Å². The number of ether oxygens (including phenoxy) is 2. The fourth-order valence-corrected chi connectivity index (χ4v) is 2.43. The van der Waals surface area contributed by atoms with E-state index in [0.29, 0.717) is 29.3 Å². The van der Waals surface area contributed by atoms with Crippen molar-refractivity contribution in [2.24, 2.45) is 0 Å². The van der Waals surface area contributed by atoms with Crippen LogP contribution >= 0.6 is 0 Å². The topological polar surface area (TPSA) is 73.6 Å². The first-order chi connectivity index (χ1) is 12.7. The molecule has 0 aliphatic rings. The quantitative estimate of drug-likeness (QED) is 0.658. The van der Waals surface area contributed by atoms with Gasteiger partial charge in [-0.2, -0.15) is 0 Å². The zero-order valence-electron chi connectivity index (χ0n) is 14.4. The number of nitrogens with one attached hydrogen (secondary N) is 1. The highest BCUT2D eigenvalue weighted by atomic mass is 16.5. The number of hydrogen-bond donors (Lipinski definition) is 2. The molecule has 0 atom stereocenters. The smallest absolute Gasteiger partial charge is 0.255 e. The predicted molar refractivity (Wildman–Crippen MR) is 103 cm³/mol. The van der Waals surface area contributed by atoms with Crippen LogP contribution in [0.2, 0.25) is 0 Å². The van der Waals surface area contributed by atoms with Crippen LogP contribution in [0.3, 0.4) is 0 Å². The highest BCUT2D eigenvalue weighted by Gasteiger charge is 2.09. The van der Waals surface area contributed by atoms with E-state index in [1.807, 2.05) is 42.5 Å². The van der Waals surface area contributed by atoms with Gasteiger partial charge in [0.05, 0.1) is 12.8 Å². The lowest BCUT2D eigenvalue weighted by Gasteiger charge is -2.10. The van der Waals surface area contributed by atoms with Crippen LogP contribution in [0.25, 0.3) is 0 Å². The van der Waals surface area contributed by atoms with E-state index >= 15 is 0 Å². The molecule has 5 heteroatoms. The Bertz CT molecular complexity index is 878. The molecule has 132 valence electrons. The molecule has 0 aliphatic carbocycles. The Morgan fingerprint density at radius 2 is 1.73 bits per heavy atom. The van der Waals surface area contributed by atoms with Gasteiger partial charge in [-0.3, -0.25) is 4.79 Å². The molecule has 5 nitrogen and oxygen atoms in total. The molecule has 0 spiro atoms. The van der Waals surface area contributed by atoms with Crippen molar-refractivity contribution in [3.63, 3.8) is 0 Å². The molecule has 3 N–H and O–H groups in total. The van der Waals surface area contributed by atoms with Crippen molar-refractivity contribution >= 4 is 17.3 Å². The number of hydrogen-bond acceptors (Lipinski definition) is 4. The van der Waals surface area contributed by atoms with Crippen LogP contribution in [0.15, 0.2) is 72.8 Å². The summed E-state index contributed by atoms with van der Waals surface area (Å²) in [5.41, 5.74) is 8.51. The van der Waals surface area contributed by atoms with E-state index in [1.165, 1.54) is 7.11 Å². The van der Waals surface area contributed by atoms with Crippen LogP contribution in [-0.4, -0.2) is 13.0 Å². The number of rotatable bonds is 6. The van der Waals surface area contributed by atoms with Crippen LogP contribution in [0.5, 0.6) is 11.5 Å². The maximum absolute atomic E-state index is 12.4. The van der Waals surface area contributed by atoms with E-state index in [4.69, 9.17) is 15.2 Å². The van der Waals surface area contributed by atoms with Crippen LogP contribution in [0.4, 0.5) is 11.4 Å². The maximum atomic E-state index is 12.4. The van der Waals surface area contributed by atoms with Crippen LogP contribution in [-0.2, 0) is 6.61 Å². The van der Waals surface area contributed by atoms with Gasteiger partial charge in [-0.1, -0.05) is 30.3 Å². The first kappa shape index (κ1) is 17.4. The molecule has 0 aromatic heterocycles. The number of benzene rings is 3. The second-order valence-corrected chi connectivity index (χ2v) is 5.71. The summed E-state index contributed by atoms with van der Waals surface area (Å²) in [5, 5.41) is 2.84. The van der Waals surface area contributed by atoms with Crippen LogP contribution < -0.4 is 20.5 Å². The molecule has 0 fully saturated rings. The average molecular weight is 348 g/mol. The van der Waals surface area contributed by atoms with Gasteiger partial charge in [0, 0.05) is 11.3 Å². The molecule has 0 aliphatic heterocycles. The van der Waals surface area contributed by atoms with Crippen molar-refractivity contribution in [2.75, 3.05) is 18.2 Å². The second kappa shape index (κ2) is 8.07. The Labute approximate surface area is 152 Å². The number of anilines is 2. The van der Waals surface area contributed by atoms with Crippen molar-refractivity contribution in [1.82, 2.24) is 0 Å². The van der Waals surface area contributed by atoms with Crippen molar-refractivity contribution < 1.29 is 14.3 Å². The fourth-order valence-electron chi connectivity index (χ4n) is 2.43. The van der Waals surface area contributed by atoms with Crippen molar-refractivity contribution in [3.8, 4) is 11.5 Å². The van der Waals surface area contributed by atoms with Gasteiger partial charge in [0.25, 0.3) is 5.91 Å². The Kier molecular flexibility index (Phi) is 5.39. The van der Waals surface area contributed by atoms with Crippen LogP contribution in [0, 0.1) is 0 Å². The lowest BCUT2D eigenvalue weighted by Crippen LogP contribution is -2.12. The summed E-state index contributed by atoms with van der Waals surface area (Å²) >= 11 is 0. The predicted octanol–water partition coefficient (Wildman–Crippen LogP) is 4.11. The summed E-state index contributed by atoms with van der Waals surface area (Å²) in [4.78, 5) is 12.4. The lowest BCUT2D eigenvalue weighted by atomic mass is 10.1. The van der Waals surface area contributed by atoms with E-state index in [9.17, 15) is 4.79 Å². The Hall–Kier alpha value is -3.47. The molecule has 0 bridgehead atoms. The lowest BCUT2D eigenvalue weighted by molar-refractivity contribution is 0.102. The Balaban J connectivity index is 1.61. The van der Waals surface area contributed by atoms with Gasteiger partial charge in [-0.05, 0) is 48.0 Å². The standard InChI is InChI=1S/C21H20N2O3/c1-25-20-13-16(7-12-19(20)22)21(24)23-17-8-10-18(11-9-17)26-14-15-5-3-2-4-6-15/h2-13H,14,22H2,1H3,(H,23,24). The molecule has 0 heterocycles. The van der Waals surface area contributed by atoms with E-state index < -0.39 is 0 Å². The summed E-state index contributed by atoms with van der Waals surface area (Å²) in [5.74, 6) is 0.976. The summed E-state index contributed by atoms with van der Waals surface area (Å²) in [6, 6.07) is 22.1. The number of carbonyl (C=O) groups is 1. The highest BCUT2D eigenvalue weighted by molar-refractivity contribution is 6.04. The van der Waals surface area contributed by atoms with Gasteiger partial charge in [-0.25, -0.2) is 0 Å². The monoisotopic (exact) mass is 348 g/mol. The molecule has 3 aromatic rings. The number of carbonyl (C=O) groups excluding carboxylic acids is 1. The number of nitrogen functional groups attached to an aromatic ring is 1. The normalized spacial score (nSPS) is 10.2. The van der Waals surface area contributed by atoms with E-state index in [2.05, 4.69) is 5.32 Å². The molecule has 26 heavy (non-hydrogen) atoms. The van der Waals surface area contributed by atoms with Crippen molar-refractivity contribution in [3.05, 3.63) is 83.9 Å². The van der Waals surface area contributed by atoms with Gasteiger partial charge in [0.2, 0.25) is 0 Å². The van der Waals surface area contributed by atoms with Crippen molar-refractivity contribution in [2.45, 2.75) is 6.61 Å². The number of nitrogens with two attached hydrogens (primary N) is 1. The molecule has 3 aromatic carbocycles. The second-order valence-electron chi connectivity index (χ2n) is 5.71. The highest BCUT2D eigenvalue weighted by Crippen LogP contribution is 2.23. The third-order valence-electron chi connectivity index (χ3n) is 3.86. The van der Waals surface area contributed by atoms with E-state index in [0.717, 1.165) is 11.3 Å². The average Bonchev–Trinajstić information content (AvgIpc) is 2.68. The van der Waals surface area contributed by atoms with Gasteiger partial charge < -0.3 is 20.5 Å². The first-order valence-electron chi connectivity index (χ1n) is 8.17. The summed E-state index contributed by atoms with van der Waals surface area (Å²) in [6.45, 7) is 0.498. The third kappa shape index (κ3) is 4.33. The third-order valence-corrected chi connectivity index (χ3v) is 3.86. The van der Waals surface area contributed by atoms with E-state index in [1.54, 1.807) is 30.3 Å². The fraction of sp³-hybridized carbons (Fsp3) is 0.0952. The maximum Gasteiger partial charge on any atom is 0.255 e. The van der Waals surface area contributed by atoms with E-state index in [-0.39, 0.29) is 5.91 Å². The first-order valence-corrected chi connectivity index (χ1v) is 8.17. The van der Waals surface area contributed by atoms with Gasteiger partial charge in [0.15, 0.2) is 0 Å². The van der Waals surface area contributed by atoms with Gasteiger partial charge in [-0.15, -0.1) is 0 Å². The Morgan fingerprint density at radius 1 is 1.00 bits per heavy atom. The minimum atomic E-state index is -0.235. The SMILES string of the molecule is COc1cc(C(=O)Nc2ccc(OCc3ccccc3)cc2)ccc1N. The summed E-state index contributed by atoms with van der Waals surface area (Å²) in [7, 11) is 1.52. The van der Waals surface area contributed by atoms with Crippen LogP contribution in [0.1, 0.15) is 15.9 Å². The summed E-state index contributed by atoms with van der Waals surface area (Å²) < 4.78 is 10.9. The minimum absolute atomic E-state index is 0.235. The molecule has 0 saturated heterocycles. The van der Waals surface area contributed by atoms with Gasteiger partial charge in [0.1, 0.15) is 18.1 Å². The molecule has 0 radical (unpaired) electrons. The zero-order chi connectivity index (χ0) is 18.4. The molecule has 3 rings (SSSR count). The number of methoxy groups -OCH3 is 1. The largest absolute Gasteiger partial charge is 0.495 e. The number of amides is 1. The minimum Gasteiger partial charge on any atom is -0.495 e.